The zero-order valence-corrected chi connectivity index (χ0v) is 14.9. The maximum absolute atomic E-state index is 12.1. The minimum atomic E-state index is -0.303. The van der Waals surface area contributed by atoms with Gasteiger partial charge in [0.15, 0.2) is 11.6 Å². The maximum Gasteiger partial charge on any atom is 0.269 e. The largest absolute Gasteiger partial charge is 0.393 e. The van der Waals surface area contributed by atoms with E-state index in [9.17, 15) is 4.79 Å². The number of ether oxygens (including phenoxy) is 1. The van der Waals surface area contributed by atoms with Gasteiger partial charge in [0.1, 0.15) is 12.0 Å². The van der Waals surface area contributed by atoms with Crippen molar-refractivity contribution in [3.63, 3.8) is 0 Å². The average molecular weight is 395 g/mol. The molecule has 0 saturated carbocycles. The summed E-state index contributed by atoms with van der Waals surface area (Å²) in [6.45, 7) is 2.44. The summed E-state index contributed by atoms with van der Waals surface area (Å²) in [5.74, 6) is 0.472. The summed E-state index contributed by atoms with van der Waals surface area (Å²) in [5.41, 5.74) is 12.1. The third kappa shape index (κ3) is 4.80. The number of anilines is 3. The number of hydrogen-bond donors (Lipinski definition) is 4. The van der Waals surface area contributed by atoms with Gasteiger partial charge in [-0.1, -0.05) is 15.9 Å². The van der Waals surface area contributed by atoms with E-state index in [4.69, 9.17) is 10.5 Å². The van der Waals surface area contributed by atoms with Crippen molar-refractivity contribution in [1.82, 2.24) is 15.4 Å². The number of nitrogens with one attached hydrogen (secondary N) is 3. The minimum absolute atomic E-state index is 0.0254. The lowest BCUT2D eigenvalue weighted by molar-refractivity contribution is 0.0962. The number of carbonyl (C=O) groups excluding carboxylic acids is 1. The summed E-state index contributed by atoms with van der Waals surface area (Å²) in [4.78, 5) is 20.2. The normalized spacial score (nSPS) is 11.6. The van der Waals surface area contributed by atoms with Gasteiger partial charge in [-0.3, -0.25) is 15.6 Å². The summed E-state index contributed by atoms with van der Waals surface area (Å²) in [6.07, 6.45) is 1.35. The van der Waals surface area contributed by atoms with Crippen LogP contribution in [0.4, 0.5) is 17.3 Å². The highest BCUT2D eigenvalue weighted by atomic mass is 79.9. The molecule has 128 valence electrons. The molecule has 0 aliphatic carbocycles. The summed E-state index contributed by atoms with van der Waals surface area (Å²) in [5, 5.41) is 3.12. The Kier molecular flexibility index (Phi) is 6.33. The number of nitrogens with two attached hydrogens (primary N) is 1. The number of halogens is 1. The van der Waals surface area contributed by atoms with Crippen molar-refractivity contribution in [3.05, 3.63) is 40.6 Å². The highest BCUT2D eigenvalue weighted by Crippen LogP contribution is 2.22. The highest BCUT2D eigenvalue weighted by Gasteiger charge is 2.12. The first-order chi connectivity index (χ1) is 11.5. The lowest BCUT2D eigenvalue weighted by Gasteiger charge is -2.16. The Morgan fingerprint density at radius 3 is 2.62 bits per heavy atom. The first-order valence-corrected chi connectivity index (χ1v) is 7.98. The molecule has 2 aromatic rings. The number of carbonyl (C=O) groups is 1. The monoisotopic (exact) mass is 394 g/mol. The molecule has 2 rings (SSSR count). The molecule has 1 aromatic heterocycles. The molecule has 1 heterocycles. The van der Waals surface area contributed by atoms with E-state index in [0.29, 0.717) is 29.5 Å². The fourth-order valence-electron chi connectivity index (χ4n) is 1.92. The van der Waals surface area contributed by atoms with Crippen LogP contribution in [0.2, 0.25) is 0 Å². The second-order valence-corrected chi connectivity index (χ2v) is 5.99. The van der Waals surface area contributed by atoms with E-state index in [1.807, 2.05) is 6.92 Å². The van der Waals surface area contributed by atoms with E-state index in [2.05, 4.69) is 42.1 Å². The Labute approximate surface area is 148 Å². The van der Waals surface area contributed by atoms with Gasteiger partial charge < -0.3 is 15.8 Å². The van der Waals surface area contributed by atoms with Crippen LogP contribution < -0.4 is 21.9 Å². The van der Waals surface area contributed by atoms with Crippen LogP contribution in [0.3, 0.4) is 0 Å². The fourth-order valence-corrected chi connectivity index (χ4v) is 2.19. The molecule has 1 aromatic carbocycles. The van der Waals surface area contributed by atoms with E-state index in [1.165, 1.54) is 6.33 Å². The lowest BCUT2D eigenvalue weighted by Crippen LogP contribution is -2.30. The highest BCUT2D eigenvalue weighted by molar-refractivity contribution is 9.10. The molecule has 0 aliphatic rings. The quantitative estimate of drug-likeness (QED) is 0.531. The SMILES string of the molecule is COCC(C)Nc1ncnc(NNC(=O)c2ccc(Br)cc2)c1N. The molecule has 0 saturated heterocycles. The van der Waals surface area contributed by atoms with Crippen LogP contribution in [-0.2, 0) is 4.74 Å². The maximum atomic E-state index is 12.1. The number of aromatic nitrogens is 2. The Balaban J connectivity index is 2.02. The molecule has 9 heteroatoms. The van der Waals surface area contributed by atoms with E-state index in [-0.39, 0.29) is 11.9 Å². The Morgan fingerprint density at radius 1 is 1.29 bits per heavy atom. The van der Waals surface area contributed by atoms with Crippen molar-refractivity contribution >= 4 is 39.2 Å². The van der Waals surface area contributed by atoms with Crippen molar-refractivity contribution in [2.75, 3.05) is 30.2 Å². The van der Waals surface area contributed by atoms with Crippen LogP contribution in [-0.4, -0.2) is 35.6 Å². The zero-order chi connectivity index (χ0) is 17.5. The van der Waals surface area contributed by atoms with Gasteiger partial charge in [-0.2, -0.15) is 0 Å². The molecule has 1 unspecified atom stereocenters. The van der Waals surface area contributed by atoms with Crippen LogP contribution in [0, 0.1) is 0 Å². The number of hydrazine groups is 1. The molecular weight excluding hydrogens is 376 g/mol. The Bertz CT molecular complexity index is 695. The second-order valence-electron chi connectivity index (χ2n) is 5.07. The smallest absolute Gasteiger partial charge is 0.269 e. The van der Waals surface area contributed by atoms with Crippen LogP contribution in [0.1, 0.15) is 17.3 Å². The fraction of sp³-hybridized carbons (Fsp3) is 0.267. The van der Waals surface area contributed by atoms with E-state index < -0.39 is 0 Å². The van der Waals surface area contributed by atoms with Crippen LogP contribution >= 0.6 is 15.9 Å². The third-order valence-corrected chi connectivity index (χ3v) is 3.61. The molecule has 0 radical (unpaired) electrons. The van der Waals surface area contributed by atoms with E-state index in [1.54, 1.807) is 31.4 Å². The van der Waals surface area contributed by atoms with Crippen LogP contribution in [0.5, 0.6) is 0 Å². The molecule has 0 fully saturated rings. The van der Waals surface area contributed by atoms with Gasteiger partial charge in [0.2, 0.25) is 0 Å². The van der Waals surface area contributed by atoms with Crippen LogP contribution in [0.15, 0.2) is 35.1 Å². The molecule has 24 heavy (non-hydrogen) atoms. The van der Waals surface area contributed by atoms with Gasteiger partial charge in [0, 0.05) is 23.2 Å². The van der Waals surface area contributed by atoms with Crippen molar-refractivity contribution in [2.45, 2.75) is 13.0 Å². The van der Waals surface area contributed by atoms with Gasteiger partial charge in [0.25, 0.3) is 5.91 Å². The van der Waals surface area contributed by atoms with Gasteiger partial charge in [-0.05, 0) is 31.2 Å². The lowest BCUT2D eigenvalue weighted by atomic mass is 10.2. The molecular formula is C15H19BrN6O2. The minimum Gasteiger partial charge on any atom is -0.393 e. The number of rotatable bonds is 7. The van der Waals surface area contributed by atoms with Gasteiger partial charge in [0.05, 0.1) is 6.61 Å². The molecule has 5 N–H and O–H groups in total. The molecule has 8 nitrogen and oxygen atoms in total. The number of nitrogens with zero attached hydrogens (tertiary/aromatic N) is 2. The van der Waals surface area contributed by atoms with Gasteiger partial charge in [-0.15, -0.1) is 0 Å². The predicted molar refractivity (Wildman–Crippen MR) is 96.6 cm³/mol. The van der Waals surface area contributed by atoms with Crippen molar-refractivity contribution < 1.29 is 9.53 Å². The van der Waals surface area contributed by atoms with E-state index >= 15 is 0 Å². The molecule has 1 atom stereocenters. The molecule has 1 amide bonds. The summed E-state index contributed by atoms with van der Waals surface area (Å²) < 4.78 is 5.96. The van der Waals surface area contributed by atoms with E-state index in [0.717, 1.165) is 4.47 Å². The first kappa shape index (κ1) is 18.0. The Morgan fingerprint density at radius 2 is 1.96 bits per heavy atom. The Hall–Kier alpha value is -2.39. The first-order valence-electron chi connectivity index (χ1n) is 7.19. The number of benzene rings is 1. The van der Waals surface area contributed by atoms with Crippen molar-refractivity contribution in [3.8, 4) is 0 Å². The van der Waals surface area contributed by atoms with Crippen molar-refractivity contribution in [1.29, 1.82) is 0 Å². The third-order valence-electron chi connectivity index (χ3n) is 3.08. The molecule has 0 spiro atoms. The standard InChI is InChI=1S/C15H19BrN6O2/c1-9(7-24-2)20-13-12(17)14(19-8-18-13)21-22-15(23)10-3-5-11(16)6-4-10/h3-6,8-9H,7,17H2,1-2H3,(H,22,23)(H2,18,19,20,21). The molecule has 0 bridgehead atoms. The number of hydrogen-bond acceptors (Lipinski definition) is 7. The average Bonchev–Trinajstić information content (AvgIpc) is 2.56. The van der Waals surface area contributed by atoms with Gasteiger partial charge >= 0.3 is 0 Å². The second kappa shape index (κ2) is 8.46. The zero-order valence-electron chi connectivity index (χ0n) is 13.3. The summed E-state index contributed by atoms with van der Waals surface area (Å²) in [7, 11) is 1.62. The number of amides is 1. The molecule has 0 aliphatic heterocycles. The van der Waals surface area contributed by atoms with Gasteiger partial charge in [-0.25, -0.2) is 9.97 Å². The number of nitrogen functional groups attached to an aromatic ring is 1. The number of methoxy groups -OCH3 is 1. The summed E-state index contributed by atoms with van der Waals surface area (Å²) in [6, 6.07) is 6.99. The topological polar surface area (TPSA) is 114 Å². The van der Waals surface area contributed by atoms with Crippen LogP contribution in [0.25, 0.3) is 0 Å². The summed E-state index contributed by atoms with van der Waals surface area (Å²) >= 11 is 3.32. The van der Waals surface area contributed by atoms with Crippen molar-refractivity contribution in [2.24, 2.45) is 0 Å². The predicted octanol–water partition coefficient (Wildman–Crippen LogP) is 2.02.